The van der Waals surface area contributed by atoms with Crippen LogP contribution < -0.4 is 9.47 Å². The molecule has 1 aromatic carbocycles. The fourth-order valence-electron chi connectivity index (χ4n) is 1.66. The lowest BCUT2D eigenvalue weighted by molar-refractivity contribution is 0.0685. The lowest BCUT2D eigenvalue weighted by Gasteiger charge is -2.13. The largest absolute Gasteiger partial charge is 0.491 e. The van der Waals surface area contributed by atoms with E-state index in [1.165, 1.54) is 13.3 Å². The number of aromatic nitrogens is 1. The number of pyridine rings is 1. The third kappa shape index (κ3) is 3.08. The molecule has 0 aliphatic carbocycles. The highest BCUT2D eigenvalue weighted by atomic mass is 79.9. The number of benzene rings is 1. The SMILES string of the molecule is COc1c(C(=O)O)ncc(Br)c1OCc1ccccc1. The fourth-order valence-corrected chi connectivity index (χ4v) is 2.06. The molecule has 0 spiro atoms. The molecule has 0 radical (unpaired) electrons. The Morgan fingerprint density at radius 1 is 1.30 bits per heavy atom. The van der Waals surface area contributed by atoms with E-state index in [9.17, 15) is 4.79 Å². The van der Waals surface area contributed by atoms with Crippen molar-refractivity contribution in [1.29, 1.82) is 0 Å². The van der Waals surface area contributed by atoms with Crippen molar-refractivity contribution in [1.82, 2.24) is 4.98 Å². The van der Waals surface area contributed by atoms with Crippen molar-refractivity contribution in [3.63, 3.8) is 0 Å². The highest BCUT2D eigenvalue weighted by Crippen LogP contribution is 2.37. The van der Waals surface area contributed by atoms with Crippen molar-refractivity contribution >= 4 is 21.9 Å². The van der Waals surface area contributed by atoms with Crippen molar-refractivity contribution in [2.75, 3.05) is 7.11 Å². The van der Waals surface area contributed by atoms with E-state index in [-0.39, 0.29) is 11.4 Å². The normalized spacial score (nSPS) is 10.1. The molecule has 104 valence electrons. The Balaban J connectivity index is 2.30. The minimum absolute atomic E-state index is 0.0998. The van der Waals surface area contributed by atoms with E-state index >= 15 is 0 Å². The van der Waals surface area contributed by atoms with E-state index in [1.807, 2.05) is 30.3 Å². The van der Waals surface area contributed by atoms with E-state index in [0.717, 1.165) is 5.56 Å². The summed E-state index contributed by atoms with van der Waals surface area (Å²) in [6, 6.07) is 9.55. The molecule has 1 heterocycles. The second-order valence-corrected chi connectivity index (χ2v) is 4.75. The first kappa shape index (κ1) is 14.3. The summed E-state index contributed by atoms with van der Waals surface area (Å²) in [5.41, 5.74) is 0.786. The predicted molar refractivity (Wildman–Crippen MR) is 76.2 cm³/mol. The summed E-state index contributed by atoms with van der Waals surface area (Å²) in [4.78, 5) is 14.9. The van der Waals surface area contributed by atoms with Gasteiger partial charge in [0.15, 0.2) is 17.2 Å². The van der Waals surface area contributed by atoms with Gasteiger partial charge >= 0.3 is 5.97 Å². The molecule has 0 unspecified atom stereocenters. The zero-order valence-corrected chi connectivity index (χ0v) is 12.3. The molecule has 0 fully saturated rings. The van der Waals surface area contributed by atoms with E-state index in [1.54, 1.807) is 0 Å². The van der Waals surface area contributed by atoms with E-state index < -0.39 is 5.97 Å². The number of aromatic carboxylic acids is 1. The van der Waals surface area contributed by atoms with Crippen molar-refractivity contribution in [3.8, 4) is 11.5 Å². The van der Waals surface area contributed by atoms with Gasteiger partial charge in [0.2, 0.25) is 0 Å². The number of methoxy groups -OCH3 is 1. The van der Waals surface area contributed by atoms with Crippen LogP contribution in [-0.2, 0) is 6.61 Å². The van der Waals surface area contributed by atoms with Crippen LogP contribution >= 0.6 is 15.9 Å². The van der Waals surface area contributed by atoms with Gasteiger partial charge in [-0.05, 0) is 21.5 Å². The van der Waals surface area contributed by atoms with Crippen LogP contribution in [0.1, 0.15) is 16.1 Å². The van der Waals surface area contributed by atoms with Crippen molar-refractivity contribution in [2.24, 2.45) is 0 Å². The van der Waals surface area contributed by atoms with Gasteiger partial charge in [0, 0.05) is 6.20 Å². The summed E-state index contributed by atoms with van der Waals surface area (Å²) in [6.07, 6.45) is 1.38. The van der Waals surface area contributed by atoms with Gasteiger partial charge in [-0.2, -0.15) is 0 Å². The topological polar surface area (TPSA) is 68.7 Å². The quantitative estimate of drug-likeness (QED) is 0.907. The average Bonchev–Trinajstić information content (AvgIpc) is 2.46. The van der Waals surface area contributed by atoms with Gasteiger partial charge < -0.3 is 14.6 Å². The summed E-state index contributed by atoms with van der Waals surface area (Å²) in [5.74, 6) is -0.745. The number of ether oxygens (including phenoxy) is 2. The van der Waals surface area contributed by atoms with Crippen LogP contribution in [0.25, 0.3) is 0 Å². The summed E-state index contributed by atoms with van der Waals surface area (Å²) in [7, 11) is 1.38. The molecule has 0 saturated carbocycles. The van der Waals surface area contributed by atoms with Gasteiger partial charge in [0.25, 0.3) is 0 Å². The summed E-state index contributed by atoms with van der Waals surface area (Å²) in [6.45, 7) is 0.304. The molecule has 20 heavy (non-hydrogen) atoms. The molecule has 0 amide bonds. The van der Waals surface area contributed by atoms with Crippen molar-refractivity contribution in [3.05, 3.63) is 52.3 Å². The minimum atomic E-state index is -1.17. The summed E-state index contributed by atoms with van der Waals surface area (Å²) >= 11 is 3.28. The Hall–Kier alpha value is -2.08. The zero-order chi connectivity index (χ0) is 14.5. The van der Waals surface area contributed by atoms with Gasteiger partial charge in [0.05, 0.1) is 11.6 Å². The lowest BCUT2D eigenvalue weighted by Crippen LogP contribution is -2.07. The first-order chi connectivity index (χ1) is 9.63. The molecule has 0 saturated heterocycles. The maximum atomic E-state index is 11.1. The van der Waals surface area contributed by atoms with Crippen LogP contribution in [0, 0.1) is 0 Å². The summed E-state index contributed by atoms with van der Waals surface area (Å²) in [5, 5.41) is 9.08. The number of hydrogen-bond acceptors (Lipinski definition) is 4. The molecule has 1 aromatic heterocycles. The number of carboxylic acids is 1. The van der Waals surface area contributed by atoms with E-state index in [2.05, 4.69) is 20.9 Å². The highest BCUT2D eigenvalue weighted by molar-refractivity contribution is 9.10. The fraction of sp³-hybridized carbons (Fsp3) is 0.143. The molecule has 0 atom stereocenters. The molecule has 0 bridgehead atoms. The average molecular weight is 338 g/mol. The second kappa shape index (κ2) is 6.38. The van der Waals surface area contributed by atoms with E-state index in [4.69, 9.17) is 14.6 Å². The number of carbonyl (C=O) groups is 1. The molecule has 2 rings (SSSR count). The molecule has 0 aliphatic rings. The van der Waals surface area contributed by atoms with Gasteiger partial charge in [-0.1, -0.05) is 30.3 Å². The maximum absolute atomic E-state index is 11.1. The van der Waals surface area contributed by atoms with Crippen molar-refractivity contribution in [2.45, 2.75) is 6.61 Å². The third-order valence-corrected chi connectivity index (χ3v) is 3.14. The third-order valence-electron chi connectivity index (χ3n) is 2.58. The van der Waals surface area contributed by atoms with Crippen LogP contribution in [0.3, 0.4) is 0 Å². The van der Waals surface area contributed by atoms with Crippen molar-refractivity contribution < 1.29 is 19.4 Å². The van der Waals surface area contributed by atoms with Crippen LogP contribution in [0.5, 0.6) is 11.5 Å². The lowest BCUT2D eigenvalue weighted by atomic mass is 10.2. The molecule has 1 N–H and O–H groups in total. The van der Waals surface area contributed by atoms with Crippen LogP contribution in [-0.4, -0.2) is 23.2 Å². The van der Waals surface area contributed by atoms with E-state index in [0.29, 0.717) is 16.8 Å². The Morgan fingerprint density at radius 2 is 2.00 bits per heavy atom. The second-order valence-electron chi connectivity index (χ2n) is 3.90. The number of hydrogen-bond donors (Lipinski definition) is 1. The van der Waals surface area contributed by atoms with Gasteiger partial charge in [-0.25, -0.2) is 9.78 Å². The molecule has 5 nitrogen and oxygen atoms in total. The standard InChI is InChI=1S/C14H12BrNO4/c1-19-13-11(14(17)18)16-7-10(15)12(13)20-8-9-5-3-2-4-6-9/h2-7H,8H2,1H3,(H,17,18). The smallest absolute Gasteiger partial charge is 0.358 e. The molecular formula is C14H12BrNO4. The molecular weight excluding hydrogens is 326 g/mol. The number of carboxylic acid groups (broad SMARTS) is 1. The first-order valence-corrected chi connectivity index (χ1v) is 6.55. The zero-order valence-electron chi connectivity index (χ0n) is 10.7. The van der Waals surface area contributed by atoms with Gasteiger partial charge in [0.1, 0.15) is 6.61 Å². The predicted octanol–water partition coefficient (Wildman–Crippen LogP) is 3.13. The highest BCUT2D eigenvalue weighted by Gasteiger charge is 2.20. The monoisotopic (exact) mass is 337 g/mol. The Labute approximate surface area is 124 Å². The molecule has 0 aliphatic heterocycles. The van der Waals surface area contributed by atoms with Crippen LogP contribution in [0.4, 0.5) is 0 Å². The Kier molecular flexibility index (Phi) is 4.57. The van der Waals surface area contributed by atoms with Crippen LogP contribution in [0.2, 0.25) is 0 Å². The first-order valence-electron chi connectivity index (χ1n) is 5.76. The molecule has 6 heteroatoms. The molecule has 2 aromatic rings. The number of nitrogens with zero attached hydrogens (tertiary/aromatic N) is 1. The Morgan fingerprint density at radius 3 is 2.60 bits per heavy atom. The number of rotatable bonds is 5. The maximum Gasteiger partial charge on any atom is 0.358 e. The van der Waals surface area contributed by atoms with Crippen LogP contribution in [0.15, 0.2) is 41.0 Å². The minimum Gasteiger partial charge on any atom is -0.491 e. The Bertz CT molecular complexity index is 616. The summed E-state index contributed by atoms with van der Waals surface area (Å²) < 4.78 is 11.3. The van der Waals surface area contributed by atoms with Gasteiger partial charge in [-0.15, -0.1) is 0 Å². The number of halogens is 1. The van der Waals surface area contributed by atoms with Gasteiger partial charge in [-0.3, -0.25) is 0 Å².